The topological polar surface area (TPSA) is 121 Å². The summed E-state index contributed by atoms with van der Waals surface area (Å²) in [4.78, 5) is 23.1. The number of hydrogen-bond acceptors (Lipinski definition) is 6. The molecule has 10 heteroatoms. The highest BCUT2D eigenvalue weighted by Crippen LogP contribution is 2.18. The van der Waals surface area contributed by atoms with Crippen LogP contribution in [0.1, 0.15) is 21.7 Å². The maximum Gasteiger partial charge on any atom is 0.274 e. The van der Waals surface area contributed by atoms with Crippen LogP contribution in [0.2, 0.25) is 0 Å². The molecule has 0 spiro atoms. The lowest BCUT2D eigenvalue weighted by Gasteiger charge is -2.07. The van der Waals surface area contributed by atoms with Gasteiger partial charge in [0.1, 0.15) is 0 Å². The van der Waals surface area contributed by atoms with Crippen molar-refractivity contribution in [3.05, 3.63) is 94.1 Å². The van der Waals surface area contributed by atoms with Crippen molar-refractivity contribution < 1.29 is 9.72 Å². The summed E-state index contributed by atoms with van der Waals surface area (Å²) in [6.45, 7) is 2.01. The first-order chi connectivity index (χ1) is 14.5. The highest BCUT2D eigenvalue weighted by molar-refractivity contribution is 5.93. The number of carbonyl (C=O) groups excluding carboxylic acids is 1. The summed E-state index contributed by atoms with van der Waals surface area (Å²) in [6, 6.07) is 15.5. The van der Waals surface area contributed by atoms with Crippen molar-refractivity contribution in [2.24, 2.45) is 0 Å². The second kappa shape index (κ2) is 7.95. The van der Waals surface area contributed by atoms with E-state index in [1.807, 2.05) is 36.5 Å². The fourth-order valence-electron chi connectivity index (χ4n) is 2.98. The third-order valence-corrected chi connectivity index (χ3v) is 4.55. The lowest BCUT2D eigenvalue weighted by atomic mass is 10.2. The Balaban J connectivity index is 1.46. The molecular weight excluding hydrogens is 386 g/mol. The molecule has 2 aromatic carbocycles. The number of nitrogens with one attached hydrogen (secondary N) is 1. The molecule has 0 unspecified atom stereocenters. The molecule has 0 atom stereocenters. The summed E-state index contributed by atoms with van der Waals surface area (Å²) in [5, 5.41) is 25.9. The van der Waals surface area contributed by atoms with Crippen molar-refractivity contribution in [1.82, 2.24) is 30.1 Å². The van der Waals surface area contributed by atoms with Crippen LogP contribution in [0.4, 0.5) is 5.69 Å². The number of hydrogen-bond donors (Lipinski definition) is 1. The standard InChI is InChI=1S/C20H17N7O3/c1-14-19(23-24-26(14)17-4-2-5-18(12-17)27(29)30)20(28)21-13-15-6-8-16(9-7-15)25-11-3-10-22-25/h2-12H,13H2,1H3,(H,21,28). The zero-order valence-electron chi connectivity index (χ0n) is 16.0. The van der Waals surface area contributed by atoms with Gasteiger partial charge in [-0.05, 0) is 36.8 Å². The molecule has 1 N–H and O–H groups in total. The van der Waals surface area contributed by atoms with Crippen molar-refractivity contribution in [3.8, 4) is 11.4 Å². The molecule has 10 nitrogen and oxygen atoms in total. The van der Waals surface area contributed by atoms with Gasteiger partial charge in [-0.15, -0.1) is 5.10 Å². The van der Waals surface area contributed by atoms with Crippen molar-refractivity contribution >= 4 is 11.6 Å². The van der Waals surface area contributed by atoms with Crippen molar-refractivity contribution in [2.75, 3.05) is 0 Å². The van der Waals surface area contributed by atoms with E-state index in [0.29, 0.717) is 17.9 Å². The van der Waals surface area contributed by atoms with E-state index in [-0.39, 0.29) is 17.3 Å². The van der Waals surface area contributed by atoms with Gasteiger partial charge in [-0.3, -0.25) is 14.9 Å². The Kier molecular flexibility index (Phi) is 5.04. The predicted molar refractivity (Wildman–Crippen MR) is 107 cm³/mol. The molecule has 30 heavy (non-hydrogen) atoms. The number of aromatic nitrogens is 5. The van der Waals surface area contributed by atoms with Gasteiger partial charge < -0.3 is 5.32 Å². The van der Waals surface area contributed by atoms with E-state index in [1.165, 1.54) is 16.8 Å². The fraction of sp³-hybridized carbons (Fsp3) is 0.100. The van der Waals surface area contributed by atoms with E-state index in [9.17, 15) is 14.9 Å². The molecule has 0 radical (unpaired) electrons. The average Bonchev–Trinajstić information content (AvgIpc) is 3.42. The van der Waals surface area contributed by atoms with Gasteiger partial charge in [0.2, 0.25) is 0 Å². The van der Waals surface area contributed by atoms with Crippen LogP contribution in [-0.2, 0) is 6.54 Å². The number of nitro benzene ring substituents is 1. The first-order valence-electron chi connectivity index (χ1n) is 9.07. The second-order valence-corrected chi connectivity index (χ2v) is 6.51. The van der Waals surface area contributed by atoms with Crippen LogP contribution >= 0.6 is 0 Å². The minimum atomic E-state index is -0.485. The molecule has 0 aliphatic carbocycles. The van der Waals surface area contributed by atoms with E-state index in [1.54, 1.807) is 29.9 Å². The minimum absolute atomic E-state index is 0.0630. The lowest BCUT2D eigenvalue weighted by molar-refractivity contribution is -0.384. The third kappa shape index (κ3) is 3.78. The molecule has 0 bridgehead atoms. The second-order valence-electron chi connectivity index (χ2n) is 6.51. The molecule has 0 aliphatic rings. The van der Waals surface area contributed by atoms with Gasteiger partial charge >= 0.3 is 0 Å². The molecule has 1 amide bonds. The van der Waals surface area contributed by atoms with Gasteiger partial charge in [0, 0.05) is 31.1 Å². The summed E-state index contributed by atoms with van der Waals surface area (Å²) in [7, 11) is 0. The first kappa shape index (κ1) is 19.0. The fourth-order valence-corrected chi connectivity index (χ4v) is 2.98. The Morgan fingerprint density at radius 1 is 1.13 bits per heavy atom. The van der Waals surface area contributed by atoms with Crippen LogP contribution in [0.25, 0.3) is 11.4 Å². The van der Waals surface area contributed by atoms with Gasteiger partial charge in [-0.1, -0.05) is 23.4 Å². The monoisotopic (exact) mass is 403 g/mol. The maximum absolute atomic E-state index is 12.6. The van der Waals surface area contributed by atoms with Crippen LogP contribution in [0.3, 0.4) is 0 Å². The van der Waals surface area contributed by atoms with Gasteiger partial charge in [-0.25, -0.2) is 9.36 Å². The number of amides is 1. The van der Waals surface area contributed by atoms with Crippen molar-refractivity contribution in [1.29, 1.82) is 0 Å². The smallest absolute Gasteiger partial charge is 0.274 e. The highest BCUT2D eigenvalue weighted by atomic mass is 16.6. The quantitative estimate of drug-likeness (QED) is 0.390. The Morgan fingerprint density at radius 2 is 1.93 bits per heavy atom. The summed E-state index contributed by atoms with van der Waals surface area (Å²) < 4.78 is 3.15. The summed E-state index contributed by atoms with van der Waals surface area (Å²) in [5.41, 5.74) is 2.89. The number of rotatable bonds is 6. The summed E-state index contributed by atoms with van der Waals surface area (Å²) in [5.74, 6) is -0.375. The SMILES string of the molecule is Cc1c(C(=O)NCc2ccc(-n3cccn3)cc2)nnn1-c1cccc([N+](=O)[O-])c1. The largest absolute Gasteiger partial charge is 0.347 e. The van der Waals surface area contributed by atoms with Gasteiger partial charge in [-0.2, -0.15) is 5.10 Å². The van der Waals surface area contributed by atoms with Gasteiger partial charge in [0.15, 0.2) is 5.69 Å². The Labute approximate surface area is 170 Å². The van der Waals surface area contributed by atoms with E-state index in [4.69, 9.17) is 0 Å². The summed E-state index contributed by atoms with van der Waals surface area (Å²) >= 11 is 0. The Morgan fingerprint density at radius 3 is 2.63 bits per heavy atom. The molecule has 0 saturated heterocycles. The van der Waals surface area contributed by atoms with Crippen LogP contribution < -0.4 is 5.32 Å². The van der Waals surface area contributed by atoms with Gasteiger partial charge in [0.25, 0.3) is 11.6 Å². The van der Waals surface area contributed by atoms with Crippen molar-refractivity contribution in [3.63, 3.8) is 0 Å². The normalized spacial score (nSPS) is 10.7. The predicted octanol–water partition coefficient (Wildman–Crippen LogP) is 2.60. The average molecular weight is 403 g/mol. The van der Waals surface area contributed by atoms with E-state index >= 15 is 0 Å². The zero-order valence-corrected chi connectivity index (χ0v) is 16.0. The molecule has 0 fully saturated rings. The summed E-state index contributed by atoms with van der Waals surface area (Å²) in [6.07, 6.45) is 3.56. The number of carbonyl (C=O) groups is 1. The number of non-ortho nitro benzene ring substituents is 1. The van der Waals surface area contributed by atoms with Crippen molar-refractivity contribution in [2.45, 2.75) is 13.5 Å². The lowest BCUT2D eigenvalue weighted by Crippen LogP contribution is -2.24. The minimum Gasteiger partial charge on any atom is -0.347 e. The highest BCUT2D eigenvalue weighted by Gasteiger charge is 2.18. The molecule has 150 valence electrons. The van der Waals surface area contributed by atoms with Crippen LogP contribution in [0, 0.1) is 17.0 Å². The molecular formula is C20H17N7O3. The van der Waals surface area contributed by atoms with Gasteiger partial charge in [0.05, 0.1) is 22.0 Å². The van der Waals surface area contributed by atoms with Crippen LogP contribution in [-0.4, -0.2) is 35.6 Å². The zero-order chi connectivity index (χ0) is 21.1. The number of nitrogens with zero attached hydrogens (tertiary/aromatic N) is 6. The third-order valence-electron chi connectivity index (χ3n) is 4.55. The Hall–Kier alpha value is -4.34. The van der Waals surface area contributed by atoms with Crippen LogP contribution in [0.5, 0.6) is 0 Å². The van der Waals surface area contributed by atoms with Crippen LogP contribution in [0.15, 0.2) is 67.0 Å². The first-order valence-corrected chi connectivity index (χ1v) is 9.07. The number of benzene rings is 2. The molecule has 4 aromatic rings. The maximum atomic E-state index is 12.6. The van der Waals surface area contributed by atoms with E-state index in [0.717, 1.165) is 11.3 Å². The molecule has 0 aliphatic heterocycles. The van der Waals surface area contributed by atoms with E-state index in [2.05, 4.69) is 20.7 Å². The molecule has 2 aromatic heterocycles. The van der Waals surface area contributed by atoms with E-state index < -0.39 is 4.92 Å². The molecule has 4 rings (SSSR count). The molecule has 2 heterocycles. The molecule has 0 saturated carbocycles. The number of nitro groups is 1. The Bertz CT molecular complexity index is 1200.